The molecular weight excluding hydrogens is 436 g/mol. The van der Waals surface area contributed by atoms with Crippen molar-refractivity contribution in [3.63, 3.8) is 0 Å². The van der Waals surface area contributed by atoms with Crippen LogP contribution in [0.2, 0.25) is 0 Å². The molecule has 0 aromatic carbocycles. The highest BCUT2D eigenvalue weighted by Gasteiger charge is 2.77. The molecule has 5 aliphatic carbocycles. The number of hydrogen-bond donors (Lipinski definition) is 0. The second-order valence-corrected chi connectivity index (χ2v) is 13.9. The number of methoxy groups -OCH3 is 2. The summed E-state index contributed by atoms with van der Waals surface area (Å²) in [4.78, 5) is 25.6. The summed E-state index contributed by atoms with van der Waals surface area (Å²) in [6.07, 6.45) is 13.1. The highest BCUT2D eigenvalue weighted by molar-refractivity contribution is 5.99. The first-order valence-corrected chi connectivity index (χ1v) is 14.8. The zero-order valence-electron chi connectivity index (χ0n) is 23.4. The van der Waals surface area contributed by atoms with E-state index in [2.05, 4.69) is 20.8 Å². The zero-order chi connectivity index (χ0) is 25.3. The molecule has 0 aliphatic heterocycles. The van der Waals surface area contributed by atoms with E-state index < -0.39 is 5.92 Å². The van der Waals surface area contributed by atoms with Gasteiger partial charge in [0.25, 0.3) is 0 Å². The molecule has 5 fully saturated rings. The molecule has 0 bridgehead atoms. The van der Waals surface area contributed by atoms with E-state index in [9.17, 15) is 9.59 Å². The van der Waals surface area contributed by atoms with E-state index >= 15 is 0 Å². The van der Waals surface area contributed by atoms with Gasteiger partial charge in [0, 0.05) is 18.4 Å². The summed E-state index contributed by atoms with van der Waals surface area (Å²) in [5.41, 5.74) is 1.29. The van der Waals surface area contributed by atoms with Gasteiger partial charge in [-0.2, -0.15) is 0 Å². The summed E-state index contributed by atoms with van der Waals surface area (Å²) >= 11 is 0. The Kier molecular flexibility index (Phi) is 6.50. The average molecular weight is 487 g/mol. The first-order chi connectivity index (χ1) is 16.6. The molecular formula is C31H50O4. The van der Waals surface area contributed by atoms with Gasteiger partial charge in [0.05, 0.1) is 13.2 Å². The Morgan fingerprint density at radius 2 is 1.74 bits per heavy atom. The van der Waals surface area contributed by atoms with E-state index in [-0.39, 0.29) is 17.7 Å². The van der Waals surface area contributed by atoms with Gasteiger partial charge in [0.1, 0.15) is 11.7 Å². The highest BCUT2D eigenvalue weighted by atomic mass is 16.5. The molecule has 0 amide bonds. The summed E-state index contributed by atoms with van der Waals surface area (Å²) in [6, 6.07) is 0. The third-order valence-electron chi connectivity index (χ3n) is 13.0. The van der Waals surface area contributed by atoms with Crippen LogP contribution in [0.1, 0.15) is 98.8 Å². The molecule has 0 saturated heterocycles. The van der Waals surface area contributed by atoms with Gasteiger partial charge in [-0.15, -0.1) is 0 Å². The minimum absolute atomic E-state index is 0.0427. The molecule has 0 radical (unpaired) electrons. The number of carbonyl (C=O) groups is 2. The molecule has 0 aromatic rings. The van der Waals surface area contributed by atoms with Crippen molar-refractivity contribution in [3.05, 3.63) is 0 Å². The van der Waals surface area contributed by atoms with Crippen LogP contribution in [0.5, 0.6) is 0 Å². The lowest BCUT2D eigenvalue weighted by Crippen LogP contribution is -2.57. The Morgan fingerprint density at radius 3 is 2.34 bits per heavy atom. The standard InChI is InChI=1S/C31H50O4/c1-8-30-14-12-24-21(16-26(34-6)31-17-20(31)11-13-29(24,31)5)25(30)10-9-23(30)19(4)15-22(28(33)35-7)27(32)18(2)3/h18-26H,8-17H2,1-7H3/t19-,20-,21-,22?,23-,24+,25+,26-,29-,30-,31?/m1/s1. The lowest BCUT2D eigenvalue weighted by molar-refractivity contribution is -0.165. The van der Waals surface area contributed by atoms with Crippen molar-refractivity contribution in [1.29, 1.82) is 0 Å². The van der Waals surface area contributed by atoms with Crippen molar-refractivity contribution in [2.24, 2.45) is 63.6 Å². The summed E-state index contributed by atoms with van der Waals surface area (Å²) < 4.78 is 11.4. The Balaban J connectivity index is 1.40. The summed E-state index contributed by atoms with van der Waals surface area (Å²) in [5, 5.41) is 0. The quantitative estimate of drug-likeness (QED) is 0.283. The van der Waals surface area contributed by atoms with Gasteiger partial charge in [-0.3, -0.25) is 9.59 Å². The van der Waals surface area contributed by atoms with Crippen LogP contribution in [0.4, 0.5) is 0 Å². The predicted octanol–water partition coefficient (Wildman–Crippen LogP) is 6.70. The van der Waals surface area contributed by atoms with Crippen molar-refractivity contribution in [2.75, 3.05) is 14.2 Å². The smallest absolute Gasteiger partial charge is 0.316 e. The molecule has 0 heterocycles. The predicted molar refractivity (Wildman–Crippen MR) is 138 cm³/mol. The number of fused-ring (bicyclic) bond motifs is 4. The van der Waals surface area contributed by atoms with Crippen molar-refractivity contribution in [1.82, 2.24) is 0 Å². The summed E-state index contributed by atoms with van der Waals surface area (Å²) in [7, 11) is 3.39. The molecule has 1 spiro atoms. The van der Waals surface area contributed by atoms with E-state index in [0.29, 0.717) is 40.6 Å². The van der Waals surface area contributed by atoms with Crippen LogP contribution in [-0.2, 0) is 19.1 Å². The normalized spacial score (nSPS) is 47.3. The monoisotopic (exact) mass is 486 g/mol. The van der Waals surface area contributed by atoms with E-state index in [1.807, 2.05) is 21.0 Å². The molecule has 5 saturated carbocycles. The second-order valence-electron chi connectivity index (χ2n) is 13.9. The highest BCUT2D eigenvalue weighted by Crippen LogP contribution is 2.82. The van der Waals surface area contributed by atoms with Gasteiger partial charge in [0.2, 0.25) is 0 Å². The Morgan fingerprint density at radius 1 is 1.00 bits per heavy atom. The fourth-order valence-electron chi connectivity index (χ4n) is 11.4. The molecule has 35 heavy (non-hydrogen) atoms. The van der Waals surface area contributed by atoms with Gasteiger partial charge >= 0.3 is 5.97 Å². The molecule has 2 unspecified atom stereocenters. The maximum Gasteiger partial charge on any atom is 0.316 e. The number of ether oxygens (including phenoxy) is 2. The van der Waals surface area contributed by atoms with Gasteiger partial charge in [-0.1, -0.05) is 34.6 Å². The lowest BCUT2D eigenvalue weighted by atomic mass is 9.44. The number of Topliss-reactive ketones (excluding diaryl/α,β-unsaturated/α-hetero) is 1. The van der Waals surface area contributed by atoms with Crippen LogP contribution in [0.3, 0.4) is 0 Å². The summed E-state index contributed by atoms with van der Waals surface area (Å²) in [6.45, 7) is 11.2. The van der Waals surface area contributed by atoms with E-state index in [1.165, 1.54) is 64.9 Å². The van der Waals surface area contributed by atoms with Crippen LogP contribution >= 0.6 is 0 Å². The minimum atomic E-state index is -0.615. The molecule has 0 N–H and O–H groups in total. The Bertz CT molecular complexity index is 851. The van der Waals surface area contributed by atoms with Crippen molar-refractivity contribution in [3.8, 4) is 0 Å². The Hall–Kier alpha value is -0.900. The molecule has 5 rings (SSSR count). The molecule has 4 heteroatoms. The average Bonchev–Trinajstić information content (AvgIpc) is 3.32. The van der Waals surface area contributed by atoms with Crippen LogP contribution < -0.4 is 0 Å². The van der Waals surface area contributed by atoms with Gasteiger partial charge in [-0.05, 0) is 111 Å². The number of carbonyl (C=O) groups excluding carboxylic acids is 2. The zero-order valence-corrected chi connectivity index (χ0v) is 23.4. The third kappa shape index (κ3) is 3.40. The number of ketones is 1. The molecule has 198 valence electrons. The van der Waals surface area contributed by atoms with Gasteiger partial charge in [-0.25, -0.2) is 0 Å². The lowest BCUT2D eigenvalue weighted by Gasteiger charge is -2.61. The minimum Gasteiger partial charge on any atom is -0.468 e. The van der Waals surface area contributed by atoms with E-state index in [1.54, 1.807) is 0 Å². The topological polar surface area (TPSA) is 52.6 Å². The first kappa shape index (κ1) is 25.7. The van der Waals surface area contributed by atoms with Crippen LogP contribution in [-0.4, -0.2) is 32.1 Å². The third-order valence-corrected chi connectivity index (χ3v) is 13.0. The fourth-order valence-corrected chi connectivity index (χ4v) is 11.4. The van der Waals surface area contributed by atoms with Crippen molar-refractivity contribution in [2.45, 2.75) is 105 Å². The van der Waals surface area contributed by atoms with E-state index in [4.69, 9.17) is 9.47 Å². The van der Waals surface area contributed by atoms with E-state index in [0.717, 1.165) is 23.7 Å². The van der Waals surface area contributed by atoms with Gasteiger partial charge in [0.15, 0.2) is 0 Å². The van der Waals surface area contributed by atoms with Crippen molar-refractivity contribution >= 4 is 11.8 Å². The summed E-state index contributed by atoms with van der Waals surface area (Å²) in [5.74, 6) is 3.20. The largest absolute Gasteiger partial charge is 0.468 e. The maximum atomic E-state index is 12.9. The number of esters is 1. The van der Waals surface area contributed by atoms with Crippen LogP contribution in [0.25, 0.3) is 0 Å². The molecule has 11 atom stereocenters. The van der Waals surface area contributed by atoms with Crippen molar-refractivity contribution < 1.29 is 19.1 Å². The number of rotatable bonds is 8. The van der Waals surface area contributed by atoms with Gasteiger partial charge < -0.3 is 9.47 Å². The molecule has 4 nitrogen and oxygen atoms in total. The first-order valence-electron chi connectivity index (χ1n) is 14.8. The molecule has 0 aromatic heterocycles. The second kappa shape index (κ2) is 8.84. The maximum absolute atomic E-state index is 12.9. The molecule has 5 aliphatic rings. The fraction of sp³-hybridized carbons (Fsp3) is 0.935. The number of hydrogen-bond acceptors (Lipinski definition) is 4. The van der Waals surface area contributed by atoms with Crippen LogP contribution in [0, 0.1) is 63.6 Å². The SMILES string of the molecule is CC[C@]12CC[C@H]3[C@@H](C[C@@H](OC)C45C[C@H]4CC[C@]35C)[C@@H]1CC[C@@H]2[C@H](C)CC(C(=O)OC)C(=O)C(C)C. The van der Waals surface area contributed by atoms with Crippen LogP contribution in [0.15, 0.2) is 0 Å². The Labute approximate surface area is 213 Å².